The van der Waals surface area contributed by atoms with Crippen LogP contribution in [-0.4, -0.2) is 56.6 Å². The summed E-state index contributed by atoms with van der Waals surface area (Å²) >= 11 is 6.27. The zero-order valence-corrected chi connectivity index (χ0v) is 24.2. The Morgan fingerprint density at radius 3 is 2.31 bits per heavy atom. The van der Waals surface area contributed by atoms with Crippen LogP contribution in [-0.2, 0) is 16.2 Å². The Hall–Kier alpha value is -3.17. The first-order valence-corrected chi connectivity index (χ1v) is 14.6. The first kappa shape index (κ1) is 30.4. The van der Waals surface area contributed by atoms with Crippen molar-refractivity contribution in [1.29, 1.82) is 0 Å². The van der Waals surface area contributed by atoms with Crippen molar-refractivity contribution in [2.45, 2.75) is 59.0 Å². The molecule has 3 rings (SSSR count). The molecule has 0 aliphatic carbocycles. The lowest BCUT2D eigenvalue weighted by Crippen LogP contribution is -2.33. The molecule has 0 atom stereocenters. The number of carbonyl (C=O) groups excluding carboxylic acids is 2. The van der Waals surface area contributed by atoms with Crippen LogP contribution in [0.5, 0.6) is 5.75 Å². The number of amides is 2. The number of ether oxygens (including phenoxy) is 1. The maximum Gasteiger partial charge on any atom is 0.323 e. The van der Waals surface area contributed by atoms with Crippen LogP contribution in [0.2, 0.25) is 0 Å². The number of carboxylic acid groups (broad SMARTS) is 1. The highest BCUT2D eigenvalue weighted by atomic mass is 32.2. The molecule has 39 heavy (non-hydrogen) atoms. The van der Waals surface area contributed by atoms with Gasteiger partial charge in [0.25, 0.3) is 11.8 Å². The number of aliphatic carboxylic acids is 1. The van der Waals surface area contributed by atoms with Crippen molar-refractivity contribution >= 4 is 52.2 Å². The standard InChI is InChI=1S/C30H36N2O5S2/c1-3-5-10-16-31(17-11-6-4-2)28(35)24-18-23(14-15-25(24)37-21-22-12-8-7-9-13-22)19-26-29(36)32(20-27(33)34)30(38)39-26/h7-9,12-15,18-19H,3-6,10-11,16-17,20-21H2,1-2H3,(H,33,34)/b26-19+. The van der Waals surface area contributed by atoms with Crippen LogP contribution < -0.4 is 4.74 Å². The fraction of sp³-hybridized carbons (Fsp3) is 0.400. The summed E-state index contributed by atoms with van der Waals surface area (Å²) in [7, 11) is 0. The summed E-state index contributed by atoms with van der Waals surface area (Å²) in [5, 5.41) is 9.11. The van der Waals surface area contributed by atoms with Crippen molar-refractivity contribution in [2.24, 2.45) is 0 Å². The normalized spacial score (nSPS) is 14.2. The van der Waals surface area contributed by atoms with Crippen molar-refractivity contribution in [2.75, 3.05) is 19.6 Å². The van der Waals surface area contributed by atoms with E-state index in [1.165, 1.54) is 0 Å². The number of hydrogen-bond donors (Lipinski definition) is 1. The second kappa shape index (κ2) is 15.4. The lowest BCUT2D eigenvalue weighted by molar-refractivity contribution is -0.140. The SMILES string of the molecule is CCCCCN(CCCCC)C(=O)c1cc(/C=C2/SC(=S)N(CC(=O)O)C2=O)ccc1OCc1ccccc1. The van der Waals surface area contributed by atoms with Gasteiger partial charge in [-0.2, -0.15) is 0 Å². The van der Waals surface area contributed by atoms with Crippen molar-refractivity contribution in [1.82, 2.24) is 9.80 Å². The molecule has 0 saturated carbocycles. The minimum Gasteiger partial charge on any atom is -0.488 e. The van der Waals surface area contributed by atoms with Gasteiger partial charge in [-0.05, 0) is 42.2 Å². The molecule has 0 spiro atoms. The third-order valence-electron chi connectivity index (χ3n) is 6.29. The maximum atomic E-state index is 13.9. The minimum atomic E-state index is -1.13. The highest BCUT2D eigenvalue weighted by Crippen LogP contribution is 2.33. The number of rotatable bonds is 15. The van der Waals surface area contributed by atoms with Crippen LogP contribution in [0.4, 0.5) is 0 Å². The molecule has 1 saturated heterocycles. The first-order valence-electron chi connectivity index (χ1n) is 13.4. The molecule has 1 heterocycles. The number of benzene rings is 2. The molecule has 1 N–H and O–H groups in total. The number of nitrogens with zero attached hydrogens (tertiary/aromatic N) is 2. The van der Waals surface area contributed by atoms with Gasteiger partial charge >= 0.3 is 5.97 Å². The largest absolute Gasteiger partial charge is 0.488 e. The number of hydrogen-bond acceptors (Lipinski definition) is 6. The van der Waals surface area contributed by atoms with E-state index in [1.54, 1.807) is 24.3 Å². The Labute approximate surface area is 240 Å². The van der Waals surface area contributed by atoms with Gasteiger partial charge in [0.2, 0.25) is 0 Å². The Balaban J connectivity index is 1.93. The van der Waals surface area contributed by atoms with Gasteiger partial charge < -0.3 is 14.7 Å². The molecule has 9 heteroatoms. The molecular formula is C30H36N2O5S2. The Morgan fingerprint density at radius 1 is 1.03 bits per heavy atom. The molecule has 1 aliphatic rings. The Kier molecular flexibility index (Phi) is 12.0. The van der Waals surface area contributed by atoms with E-state index in [-0.39, 0.29) is 10.2 Å². The molecule has 0 radical (unpaired) electrons. The number of carbonyl (C=O) groups is 3. The van der Waals surface area contributed by atoms with Crippen LogP contribution in [0.25, 0.3) is 6.08 Å². The Bertz CT molecular complexity index is 1190. The maximum absolute atomic E-state index is 13.9. The van der Waals surface area contributed by atoms with E-state index in [9.17, 15) is 14.4 Å². The van der Waals surface area contributed by atoms with Crippen molar-refractivity contribution in [3.05, 3.63) is 70.1 Å². The van der Waals surface area contributed by atoms with Crippen molar-refractivity contribution < 1.29 is 24.2 Å². The molecule has 0 bridgehead atoms. The number of unbranched alkanes of at least 4 members (excludes halogenated alkanes) is 4. The topological polar surface area (TPSA) is 87.2 Å². The van der Waals surface area contributed by atoms with E-state index in [0.717, 1.165) is 60.8 Å². The van der Waals surface area contributed by atoms with Crippen LogP contribution in [0.15, 0.2) is 53.4 Å². The monoisotopic (exact) mass is 568 g/mol. The van der Waals surface area contributed by atoms with E-state index in [0.29, 0.717) is 41.5 Å². The van der Waals surface area contributed by atoms with Crippen LogP contribution in [0.3, 0.4) is 0 Å². The van der Waals surface area contributed by atoms with Gasteiger partial charge in [-0.15, -0.1) is 0 Å². The second-order valence-corrected chi connectivity index (χ2v) is 11.1. The average molecular weight is 569 g/mol. The molecule has 0 aromatic heterocycles. The minimum absolute atomic E-state index is 0.0982. The summed E-state index contributed by atoms with van der Waals surface area (Å²) in [6.07, 6.45) is 7.74. The third kappa shape index (κ3) is 8.93. The van der Waals surface area contributed by atoms with Gasteiger partial charge in [0.15, 0.2) is 0 Å². The van der Waals surface area contributed by atoms with Gasteiger partial charge in [-0.3, -0.25) is 19.3 Å². The number of thiocarbonyl (C=S) groups is 1. The number of carboxylic acids is 1. The first-order chi connectivity index (χ1) is 18.8. The van der Waals surface area contributed by atoms with E-state index in [1.807, 2.05) is 35.2 Å². The molecule has 7 nitrogen and oxygen atoms in total. The fourth-order valence-corrected chi connectivity index (χ4v) is 5.43. The fourth-order valence-electron chi connectivity index (χ4n) is 4.18. The molecule has 1 aliphatic heterocycles. The van der Waals surface area contributed by atoms with Crippen molar-refractivity contribution in [3.8, 4) is 5.75 Å². The zero-order valence-electron chi connectivity index (χ0n) is 22.6. The van der Waals surface area contributed by atoms with Gasteiger partial charge in [-0.1, -0.05) is 99.9 Å². The molecule has 2 amide bonds. The smallest absolute Gasteiger partial charge is 0.323 e. The zero-order chi connectivity index (χ0) is 28.2. The summed E-state index contributed by atoms with van der Waals surface area (Å²) in [6, 6.07) is 15.1. The molecule has 208 valence electrons. The molecular weight excluding hydrogens is 532 g/mol. The lowest BCUT2D eigenvalue weighted by atomic mass is 10.1. The third-order valence-corrected chi connectivity index (χ3v) is 7.66. The second-order valence-electron chi connectivity index (χ2n) is 9.40. The van der Waals surface area contributed by atoms with Gasteiger partial charge in [0.1, 0.15) is 23.2 Å². The molecule has 2 aromatic rings. The lowest BCUT2D eigenvalue weighted by Gasteiger charge is -2.24. The van der Waals surface area contributed by atoms with Gasteiger partial charge in [-0.25, -0.2) is 0 Å². The van der Waals surface area contributed by atoms with E-state index < -0.39 is 18.4 Å². The predicted molar refractivity (Wildman–Crippen MR) is 160 cm³/mol. The van der Waals surface area contributed by atoms with E-state index in [2.05, 4.69) is 13.8 Å². The average Bonchev–Trinajstić information content (AvgIpc) is 3.18. The van der Waals surface area contributed by atoms with Gasteiger partial charge in [0, 0.05) is 13.1 Å². The molecule has 1 fully saturated rings. The molecule has 2 aromatic carbocycles. The summed E-state index contributed by atoms with van der Waals surface area (Å²) in [5.41, 5.74) is 2.07. The van der Waals surface area contributed by atoms with Gasteiger partial charge in [0.05, 0.1) is 10.5 Å². The summed E-state index contributed by atoms with van der Waals surface area (Å²) in [5.74, 6) is -1.20. The highest BCUT2D eigenvalue weighted by molar-refractivity contribution is 8.26. The highest BCUT2D eigenvalue weighted by Gasteiger charge is 2.33. The predicted octanol–water partition coefficient (Wildman–Crippen LogP) is 6.37. The summed E-state index contributed by atoms with van der Waals surface area (Å²) < 4.78 is 6.33. The Morgan fingerprint density at radius 2 is 1.69 bits per heavy atom. The summed E-state index contributed by atoms with van der Waals surface area (Å²) in [6.45, 7) is 5.46. The number of thioether (sulfide) groups is 1. The van der Waals surface area contributed by atoms with E-state index in [4.69, 9.17) is 22.1 Å². The summed E-state index contributed by atoms with van der Waals surface area (Å²) in [4.78, 5) is 41.1. The van der Waals surface area contributed by atoms with Crippen LogP contribution in [0.1, 0.15) is 73.9 Å². The van der Waals surface area contributed by atoms with Crippen LogP contribution in [0, 0.1) is 0 Å². The van der Waals surface area contributed by atoms with Crippen molar-refractivity contribution in [3.63, 3.8) is 0 Å². The quantitative estimate of drug-likeness (QED) is 0.152. The van der Waals surface area contributed by atoms with E-state index >= 15 is 0 Å². The molecule has 0 unspecified atom stereocenters. The van der Waals surface area contributed by atoms with Crippen LogP contribution >= 0.6 is 24.0 Å².